The summed E-state index contributed by atoms with van der Waals surface area (Å²) in [5.41, 5.74) is 5.22. The lowest BCUT2D eigenvalue weighted by Crippen LogP contribution is -2.17. The molecular formula is C7H11F3N4. The standard InChI is InChI=1S/C7H11F3N4/c1-5(2-7(8,9)10)3-14-4-12-6(11)13-14/h4-5H,2-3H2,1H3,(H2,11,13). The quantitative estimate of drug-likeness (QED) is 0.817. The Kier molecular flexibility index (Phi) is 2.97. The number of nitrogens with zero attached hydrogens (tertiary/aromatic N) is 3. The summed E-state index contributed by atoms with van der Waals surface area (Å²) in [6, 6.07) is 0. The number of halogens is 3. The van der Waals surface area contributed by atoms with Crippen LogP contribution >= 0.6 is 0 Å². The number of nitrogen functional groups attached to an aromatic ring is 1. The number of nitrogens with two attached hydrogens (primary N) is 1. The summed E-state index contributed by atoms with van der Waals surface area (Å²) in [7, 11) is 0. The molecule has 0 saturated heterocycles. The monoisotopic (exact) mass is 208 g/mol. The molecule has 80 valence electrons. The lowest BCUT2D eigenvalue weighted by molar-refractivity contribution is -0.144. The van der Waals surface area contributed by atoms with Crippen molar-refractivity contribution in [2.75, 3.05) is 5.73 Å². The van der Waals surface area contributed by atoms with Gasteiger partial charge in [0.25, 0.3) is 0 Å². The van der Waals surface area contributed by atoms with Crippen LogP contribution in [-0.2, 0) is 6.54 Å². The first-order chi connectivity index (χ1) is 6.37. The van der Waals surface area contributed by atoms with Gasteiger partial charge >= 0.3 is 6.18 Å². The highest BCUT2D eigenvalue weighted by Crippen LogP contribution is 2.25. The second-order valence-corrected chi connectivity index (χ2v) is 3.25. The van der Waals surface area contributed by atoms with Crippen LogP contribution < -0.4 is 5.73 Å². The first-order valence-electron chi connectivity index (χ1n) is 4.08. The van der Waals surface area contributed by atoms with Crippen molar-refractivity contribution < 1.29 is 13.2 Å². The second kappa shape index (κ2) is 3.85. The van der Waals surface area contributed by atoms with Crippen LogP contribution in [0.25, 0.3) is 0 Å². The molecule has 0 aliphatic carbocycles. The van der Waals surface area contributed by atoms with Gasteiger partial charge in [-0.05, 0) is 5.92 Å². The molecule has 0 saturated carbocycles. The molecule has 0 amide bonds. The molecule has 4 nitrogen and oxygen atoms in total. The van der Waals surface area contributed by atoms with Crippen LogP contribution in [-0.4, -0.2) is 20.9 Å². The molecule has 0 aromatic carbocycles. The van der Waals surface area contributed by atoms with E-state index in [0.29, 0.717) is 0 Å². The Labute approximate surface area is 78.9 Å². The molecule has 7 heteroatoms. The van der Waals surface area contributed by atoms with E-state index >= 15 is 0 Å². The molecule has 1 rings (SSSR count). The van der Waals surface area contributed by atoms with Gasteiger partial charge in [0.2, 0.25) is 5.95 Å². The van der Waals surface area contributed by atoms with E-state index in [0.717, 1.165) is 0 Å². The van der Waals surface area contributed by atoms with Gasteiger partial charge in [0.05, 0.1) is 0 Å². The summed E-state index contributed by atoms with van der Waals surface area (Å²) < 4.78 is 37.1. The third-order valence-corrected chi connectivity index (χ3v) is 1.63. The van der Waals surface area contributed by atoms with Gasteiger partial charge < -0.3 is 5.73 Å². The van der Waals surface area contributed by atoms with E-state index in [9.17, 15) is 13.2 Å². The number of alkyl halides is 3. The Morgan fingerprint density at radius 2 is 2.21 bits per heavy atom. The first-order valence-corrected chi connectivity index (χ1v) is 4.08. The third kappa shape index (κ3) is 3.63. The molecule has 1 unspecified atom stereocenters. The van der Waals surface area contributed by atoms with E-state index in [-0.39, 0.29) is 12.5 Å². The normalized spacial score (nSPS) is 14.3. The minimum atomic E-state index is -4.13. The summed E-state index contributed by atoms with van der Waals surface area (Å²) in [6.07, 6.45) is -3.64. The molecule has 0 fully saturated rings. The average molecular weight is 208 g/mol. The van der Waals surface area contributed by atoms with Gasteiger partial charge in [-0.15, -0.1) is 5.10 Å². The van der Waals surface area contributed by atoms with E-state index in [1.165, 1.54) is 17.9 Å². The van der Waals surface area contributed by atoms with Crippen LogP contribution in [0, 0.1) is 5.92 Å². The summed E-state index contributed by atoms with van der Waals surface area (Å²) >= 11 is 0. The molecular weight excluding hydrogens is 197 g/mol. The Hall–Kier alpha value is -1.27. The highest BCUT2D eigenvalue weighted by Gasteiger charge is 2.30. The largest absolute Gasteiger partial charge is 0.389 e. The molecule has 1 aromatic rings. The van der Waals surface area contributed by atoms with E-state index in [1.807, 2.05) is 0 Å². The second-order valence-electron chi connectivity index (χ2n) is 3.25. The van der Waals surface area contributed by atoms with Gasteiger partial charge in [0, 0.05) is 13.0 Å². The molecule has 0 aliphatic rings. The topological polar surface area (TPSA) is 56.7 Å². The van der Waals surface area contributed by atoms with Crippen molar-refractivity contribution in [3.8, 4) is 0 Å². The van der Waals surface area contributed by atoms with Gasteiger partial charge in [0.1, 0.15) is 6.33 Å². The first kappa shape index (κ1) is 10.8. The van der Waals surface area contributed by atoms with Gasteiger partial charge in [0.15, 0.2) is 0 Å². The molecule has 2 N–H and O–H groups in total. The number of aromatic nitrogens is 3. The van der Waals surface area contributed by atoms with E-state index in [2.05, 4.69) is 10.1 Å². The molecule has 0 radical (unpaired) electrons. The number of hydrogen-bond acceptors (Lipinski definition) is 3. The van der Waals surface area contributed by atoms with E-state index < -0.39 is 18.5 Å². The molecule has 0 spiro atoms. The summed E-state index contributed by atoms with van der Waals surface area (Å²) in [4.78, 5) is 3.61. The van der Waals surface area contributed by atoms with Crippen molar-refractivity contribution in [3.05, 3.63) is 6.33 Å². The van der Waals surface area contributed by atoms with Gasteiger partial charge in [-0.25, -0.2) is 4.98 Å². The van der Waals surface area contributed by atoms with Crippen LogP contribution in [0.3, 0.4) is 0 Å². The fourth-order valence-electron chi connectivity index (χ4n) is 1.18. The van der Waals surface area contributed by atoms with Crippen molar-refractivity contribution in [1.29, 1.82) is 0 Å². The number of hydrogen-bond donors (Lipinski definition) is 1. The molecule has 1 aromatic heterocycles. The fraction of sp³-hybridized carbons (Fsp3) is 0.714. The van der Waals surface area contributed by atoms with Crippen molar-refractivity contribution >= 4 is 5.95 Å². The summed E-state index contributed by atoms with van der Waals surface area (Å²) in [5, 5.41) is 3.70. The number of rotatable bonds is 3. The van der Waals surface area contributed by atoms with E-state index in [4.69, 9.17) is 5.73 Å². The van der Waals surface area contributed by atoms with Crippen molar-refractivity contribution in [2.45, 2.75) is 26.1 Å². The number of anilines is 1. The van der Waals surface area contributed by atoms with Crippen LogP contribution in [0.4, 0.5) is 19.1 Å². The SMILES string of the molecule is CC(Cn1cnc(N)n1)CC(F)(F)F. The van der Waals surface area contributed by atoms with E-state index in [1.54, 1.807) is 0 Å². The maximum absolute atomic E-state index is 11.9. The summed E-state index contributed by atoms with van der Waals surface area (Å²) in [6.45, 7) is 1.68. The Morgan fingerprint density at radius 3 is 2.64 bits per heavy atom. The highest BCUT2D eigenvalue weighted by atomic mass is 19.4. The molecule has 1 atom stereocenters. The smallest absolute Gasteiger partial charge is 0.367 e. The van der Waals surface area contributed by atoms with Crippen LogP contribution in [0.15, 0.2) is 6.33 Å². The van der Waals surface area contributed by atoms with Crippen LogP contribution in [0.1, 0.15) is 13.3 Å². The maximum Gasteiger partial charge on any atom is 0.389 e. The summed E-state index contributed by atoms with van der Waals surface area (Å²) in [5.74, 6) is -0.458. The van der Waals surface area contributed by atoms with Crippen molar-refractivity contribution in [3.63, 3.8) is 0 Å². The Balaban J connectivity index is 2.45. The molecule has 0 bridgehead atoms. The zero-order chi connectivity index (χ0) is 10.8. The lowest BCUT2D eigenvalue weighted by Gasteiger charge is -2.13. The predicted octanol–water partition coefficient (Wildman–Crippen LogP) is 1.45. The lowest BCUT2D eigenvalue weighted by atomic mass is 10.1. The van der Waals surface area contributed by atoms with Gasteiger partial charge in [-0.2, -0.15) is 13.2 Å². The maximum atomic E-state index is 11.9. The van der Waals surface area contributed by atoms with Crippen LogP contribution in [0.2, 0.25) is 0 Å². The highest BCUT2D eigenvalue weighted by molar-refractivity contribution is 5.09. The minimum Gasteiger partial charge on any atom is -0.367 e. The predicted molar refractivity (Wildman–Crippen MR) is 44.3 cm³/mol. The molecule has 1 heterocycles. The van der Waals surface area contributed by atoms with Gasteiger partial charge in [-0.1, -0.05) is 6.92 Å². The molecule has 0 aliphatic heterocycles. The van der Waals surface area contributed by atoms with Gasteiger partial charge in [-0.3, -0.25) is 4.68 Å². The van der Waals surface area contributed by atoms with Crippen molar-refractivity contribution in [1.82, 2.24) is 14.8 Å². The fourth-order valence-corrected chi connectivity index (χ4v) is 1.18. The van der Waals surface area contributed by atoms with Crippen LogP contribution in [0.5, 0.6) is 0 Å². The Bertz CT molecular complexity index is 293. The third-order valence-electron chi connectivity index (χ3n) is 1.63. The Morgan fingerprint density at radius 1 is 1.57 bits per heavy atom. The minimum absolute atomic E-state index is 0.0733. The zero-order valence-electron chi connectivity index (χ0n) is 7.62. The van der Waals surface area contributed by atoms with Crippen molar-refractivity contribution in [2.24, 2.45) is 5.92 Å². The average Bonchev–Trinajstić information content (AvgIpc) is 2.30. The molecule has 14 heavy (non-hydrogen) atoms. The zero-order valence-corrected chi connectivity index (χ0v) is 7.62.